The lowest BCUT2D eigenvalue weighted by Gasteiger charge is -2.24. The van der Waals surface area contributed by atoms with Gasteiger partial charge in [-0.15, -0.1) is 0 Å². The summed E-state index contributed by atoms with van der Waals surface area (Å²) in [5, 5.41) is 36.5. The van der Waals surface area contributed by atoms with Gasteiger partial charge in [-0.3, -0.25) is 4.79 Å². The maximum Gasteiger partial charge on any atom is 0.323 e. The summed E-state index contributed by atoms with van der Waals surface area (Å²) in [5.41, 5.74) is 5.27. The van der Waals surface area contributed by atoms with E-state index in [1.807, 2.05) is 0 Å². The van der Waals surface area contributed by atoms with Crippen LogP contribution in [0.4, 0.5) is 0 Å². The van der Waals surface area contributed by atoms with Gasteiger partial charge in [0.05, 0.1) is 19.3 Å². The lowest BCUT2D eigenvalue weighted by molar-refractivity contribution is -0.178. The van der Waals surface area contributed by atoms with E-state index in [-0.39, 0.29) is 13.0 Å². The van der Waals surface area contributed by atoms with Crippen LogP contribution in [-0.2, 0) is 4.79 Å². The number of carboxylic acids is 1. The van der Waals surface area contributed by atoms with Gasteiger partial charge in [0.2, 0.25) is 0 Å². The van der Waals surface area contributed by atoms with Crippen molar-refractivity contribution >= 4 is 5.97 Å². The molecule has 0 bridgehead atoms. The Morgan fingerprint density at radius 2 is 2.00 bits per heavy atom. The Kier molecular flexibility index (Phi) is 8.04. The number of carbonyl (C=O) groups is 1. The minimum atomic E-state index is -1.16. The highest BCUT2D eigenvalue weighted by Crippen LogP contribution is 2.07. The van der Waals surface area contributed by atoms with Crippen LogP contribution in [0.1, 0.15) is 19.3 Å². The quantitative estimate of drug-likeness (QED) is 0.246. The fraction of sp³-hybridized carbons (Fsp3) is 0.889. The maximum atomic E-state index is 10.8. The highest BCUT2D eigenvalue weighted by Gasteiger charge is 2.25. The van der Waals surface area contributed by atoms with E-state index >= 15 is 0 Å². The average molecular weight is 236 g/mol. The number of aliphatic carboxylic acids is 1. The van der Waals surface area contributed by atoms with Gasteiger partial charge in [-0.2, -0.15) is 5.06 Å². The molecule has 0 saturated carbocycles. The number of aliphatic hydroxyl groups is 2. The summed E-state index contributed by atoms with van der Waals surface area (Å²) < 4.78 is 0. The summed E-state index contributed by atoms with van der Waals surface area (Å²) in [4.78, 5) is 10.8. The SMILES string of the molecule is NCCCC[C@@H](C(=O)O)N(O)CC(O)CO. The van der Waals surface area contributed by atoms with Gasteiger partial charge in [0.15, 0.2) is 0 Å². The third-order valence-corrected chi connectivity index (χ3v) is 2.19. The molecule has 2 atom stereocenters. The average Bonchev–Trinajstić information content (AvgIpc) is 2.23. The maximum absolute atomic E-state index is 10.8. The van der Waals surface area contributed by atoms with Crippen molar-refractivity contribution in [3.63, 3.8) is 0 Å². The minimum absolute atomic E-state index is 0.251. The van der Waals surface area contributed by atoms with Crippen LogP contribution >= 0.6 is 0 Å². The largest absolute Gasteiger partial charge is 0.480 e. The van der Waals surface area contributed by atoms with Gasteiger partial charge < -0.3 is 26.3 Å². The molecule has 0 saturated heterocycles. The molecule has 16 heavy (non-hydrogen) atoms. The molecule has 1 unspecified atom stereocenters. The van der Waals surface area contributed by atoms with E-state index < -0.39 is 24.7 Å². The Bertz CT molecular complexity index is 202. The predicted octanol–water partition coefficient (Wildman–Crippen LogP) is -1.39. The number of nitrogens with two attached hydrogens (primary N) is 1. The van der Waals surface area contributed by atoms with Crippen molar-refractivity contribution in [3.8, 4) is 0 Å². The molecule has 0 aromatic heterocycles. The van der Waals surface area contributed by atoms with Crippen LogP contribution in [0.15, 0.2) is 0 Å². The summed E-state index contributed by atoms with van der Waals surface area (Å²) in [6.07, 6.45) is 0.363. The van der Waals surface area contributed by atoms with Crippen LogP contribution in [0.25, 0.3) is 0 Å². The van der Waals surface area contributed by atoms with Crippen molar-refractivity contribution in [2.75, 3.05) is 19.7 Å². The summed E-state index contributed by atoms with van der Waals surface area (Å²) >= 11 is 0. The van der Waals surface area contributed by atoms with Crippen molar-refractivity contribution in [1.29, 1.82) is 0 Å². The van der Waals surface area contributed by atoms with E-state index in [1.54, 1.807) is 0 Å². The van der Waals surface area contributed by atoms with Crippen molar-refractivity contribution in [2.45, 2.75) is 31.4 Å². The molecule has 0 aliphatic rings. The topological polar surface area (TPSA) is 127 Å². The lowest BCUT2D eigenvalue weighted by atomic mass is 10.1. The van der Waals surface area contributed by atoms with E-state index in [0.29, 0.717) is 24.4 Å². The molecule has 6 N–H and O–H groups in total. The summed E-state index contributed by atoms with van der Waals surface area (Å²) in [7, 11) is 0. The van der Waals surface area contributed by atoms with Gasteiger partial charge in [-0.05, 0) is 25.8 Å². The molecule has 7 heteroatoms. The molecule has 0 radical (unpaired) electrons. The highest BCUT2D eigenvalue weighted by molar-refractivity contribution is 5.73. The first-order valence-corrected chi connectivity index (χ1v) is 5.20. The summed E-state index contributed by atoms with van der Waals surface area (Å²) in [5.74, 6) is -1.16. The van der Waals surface area contributed by atoms with Crippen LogP contribution < -0.4 is 5.73 Å². The molecule has 0 heterocycles. The van der Waals surface area contributed by atoms with Gasteiger partial charge in [0, 0.05) is 0 Å². The second kappa shape index (κ2) is 8.43. The van der Waals surface area contributed by atoms with Gasteiger partial charge in [0.25, 0.3) is 0 Å². The van der Waals surface area contributed by atoms with Gasteiger partial charge in [0.1, 0.15) is 6.04 Å². The van der Waals surface area contributed by atoms with E-state index in [4.69, 9.17) is 21.1 Å². The number of aliphatic hydroxyl groups excluding tert-OH is 2. The molecular formula is C9H20N2O5. The molecule has 0 spiro atoms. The molecule has 0 amide bonds. The Hall–Kier alpha value is -0.730. The number of nitrogens with zero attached hydrogens (tertiary/aromatic N) is 1. The first-order valence-electron chi connectivity index (χ1n) is 5.20. The first kappa shape index (κ1) is 15.3. The van der Waals surface area contributed by atoms with Gasteiger partial charge in [-0.25, -0.2) is 0 Å². The number of unbranched alkanes of at least 4 members (excludes halogenated alkanes) is 1. The number of hydrogen-bond donors (Lipinski definition) is 5. The van der Waals surface area contributed by atoms with Gasteiger partial charge in [-0.1, -0.05) is 0 Å². The van der Waals surface area contributed by atoms with Crippen LogP contribution in [0.3, 0.4) is 0 Å². The van der Waals surface area contributed by atoms with E-state index in [1.165, 1.54) is 0 Å². The monoisotopic (exact) mass is 236 g/mol. The Balaban J connectivity index is 4.13. The molecule has 0 aromatic carbocycles. The predicted molar refractivity (Wildman–Crippen MR) is 55.9 cm³/mol. The lowest BCUT2D eigenvalue weighted by Crippen LogP contribution is -2.43. The number of carboxylic acid groups (broad SMARTS) is 1. The van der Waals surface area contributed by atoms with E-state index in [9.17, 15) is 10.0 Å². The zero-order valence-electron chi connectivity index (χ0n) is 9.12. The van der Waals surface area contributed by atoms with Crippen molar-refractivity contribution in [3.05, 3.63) is 0 Å². The van der Waals surface area contributed by atoms with Crippen molar-refractivity contribution < 1.29 is 25.3 Å². The van der Waals surface area contributed by atoms with Crippen LogP contribution in [0.2, 0.25) is 0 Å². The molecule has 0 aliphatic carbocycles. The smallest absolute Gasteiger partial charge is 0.323 e. The molecule has 7 nitrogen and oxygen atoms in total. The normalized spacial score (nSPS) is 15.1. The number of hydrogen-bond acceptors (Lipinski definition) is 6. The molecule has 0 aromatic rings. The van der Waals surface area contributed by atoms with Crippen LogP contribution in [-0.4, -0.2) is 63.4 Å². The molecule has 96 valence electrons. The molecule has 0 aliphatic heterocycles. The third-order valence-electron chi connectivity index (χ3n) is 2.19. The fourth-order valence-electron chi connectivity index (χ4n) is 1.28. The zero-order valence-corrected chi connectivity index (χ0v) is 9.12. The Morgan fingerprint density at radius 3 is 2.44 bits per heavy atom. The van der Waals surface area contributed by atoms with Gasteiger partial charge >= 0.3 is 5.97 Å². The molecule has 0 fully saturated rings. The van der Waals surface area contributed by atoms with E-state index in [0.717, 1.165) is 0 Å². The standard InChI is InChI=1S/C9H20N2O5/c10-4-2-1-3-8(9(14)15)11(16)5-7(13)6-12/h7-8,12-13,16H,1-6,10H2,(H,14,15)/t7?,8-/m0/s1. The Morgan fingerprint density at radius 1 is 1.38 bits per heavy atom. The summed E-state index contributed by atoms with van der Waals surface area (Å²) in [6, 6.07) is -1.08. The second-order valence-electron chi connectivity index (χ2n) is 3.60. The molecular weight excluding hydrogens is 216 g/mol. The van der Waals surface area contributed by atoms with E-state index in [2.05, 4.69) is 0 Å². The molecule has 0 rings (SSSR count). The minimum Gasteiger partial charge on any atom is -0.480 e. The van der Waals surface area contributed by atoms with Crippen molar-refractivity contribution in [1.82, 2.24) is 5.06 Å². The highest BCUT2D eigenvalue weighted by atomic mass is 16.5. The Labute approximate surface area is 94.1 Å². The number of rotatable bonds is 9. The number of hydroxylamine groups is 2. The zero-order chi connectivity index (χ0) is 12.6. The van der Waals surface area contributed by atoms with Crippen LogP contribution in [0.5, 0.6) is 0 Å². The fourth-order valence-corrected chi connectivity index (χ4v) is 1.28. The first-order chi connectivity index (χ1) is 7.52. The third kappa shape index (κ3) is 5.99. The summed E-state index contributed by atoms with van der Waals surface area (Å²) in [6.45, 7) is -0.348. The van der Waals surface area contributed by atoms with Crippen molar-refractivity contribution in [2.24, 2.45) is 5.73 Å². The second-order valence-corrected chi connectivity index (χ2v) is 3.60. The van der Waals surface area contributed by atoms with Crippen LogP contribution in [0, 0.1) is 0 Å².